The fourth-order valence-electron chi connectivity index (χ4n) is 3.87. The lowest BCUT2D eigenvalue weighted by Gasteiger charge is -2.38. The van der Waals surface area contributed by atoms with E-state index < -0.39 is 0 Å². The Morgan fingerprint density at radius 2 is 2.11 bits per heavy atom. The highest BCUT2D eigenvalue weighted by molar-refractivity contribution is 4.89. The molecule has 19 heavy (non-hydrogen) atoms. The van der Waals surface area contributed by atoms with Gasteiger partial charge in [0.15, 0.2) is 0 Å². The Morgan fingerprint density at radius 3 is 2.84 bits per heavy atom. The van der Waals surface area contributed by atoms with Crippen LogP contribution in [-0.4, -0.2) is 43.3 Å². The normalized spacial score (nSPS) is 29.7. The van der Waals surface area contributed by atoms with Gasteiger partial charge in [0.25, 0.3) is 0 Å². The third-order valence-corrected chi connectivity index (χ3v) is 5.10. The molecule has 2 N–H and O–H groups in total. The van der Waals surface area contributed by atoms with Crippen LogP contribution >= 0.6 is 0 Å². The predicted molar refractivity (Wildman–Crippen MR) is 80.2 cm³/mol. The molecule has 0 radical (unpaired) electrons. The van der Waals surface area contributed by atoms with Crippen molar-refractivity contribution in [3.63, 3.8) is 0 Å². The molecule has 3 nitrogen and oxygen atoms in total. The van der Waals surface area contributed by atoms with Gasteiger partial charge in [0.2, 0.25) is 0 Å². The molecule has 2 rings (SSSR count). The number of ether oxygens (including phenoxy) is 1. The minimum Gasteiger partial charge on any atom is -0.375 e. The van der Waals surface area contributed by atoms with Gasteiger partial charge in [0, 0.05) is 12.6 Å². The van der Waals surface area contributed by atoms with Gasteiger partial charge in [-0.1, -0.05) is 13.8 Å². The van der Waals surface area contributed by atoms with Gasteiger partial charge in [-0.15, -0.1) is 0 Å². The van der Waals surface area contributed by atoms with E-state index in [0.717, 1.165) is 37.6 Å². The lowest BCUT2D eigenvalue weighted by Crippen LogP contribution is -2.48. The quantitative estimate of drug-likeness (QED) is 0.771. The summed E-state index contributed by atoms with van der Waals surface area (Å²) in [6.07, 6.45) is 8.37. The monoisotopic (exact) mass is 268 g/mol. The molecule has 0 aromatic carbocycles. The van der Waals surface area contributed by atoms with Crippen molar-refractivity contribution in [1.29, 1.82) is 0 Å². The third-order valence-electron chi connectivity index (χ3n) is 5.10. The maximum absolute atomic E-state index is 5.88. The van der Waals surface area contributed by atoms with Crippen LogP contribution in [0.2, 0.25) is 0 Å². The Balaban J connectivity index is 1.72. The zero-order valence-electron chi connectivity index (χ0n) is 12.8. The van der Waals surface area contributed by atoms with Gasteiger partial charge in [0.1, 0.15) is 0 Å². The summed E-state index contributed by atoms with van der Waals surface area (Å²) in [7, 11) is 0. The van der Waals surface area contributed by atoms with E-state index in [0.29, 0.717) is 6.10 Å². The highest BCUT2D eigenvalue weighted by atomic mass is 16.5. The molecule has 0 aromatic heterocycles. The minimum atomic E-state index is 0.540. The van der Waals surface area contributed by atoms with E-state index in [1.807, 2.05) is 0 Å². The molecule has 0 bridgehead atoms. The molecule has 2 fully saturated rings. The molecule has 0 aromatic rings. The molecule has 1 saturated heterocycles. The summed E-state index contributed by atoms with van der Waals surface area (Å²) >= 11 is 0. The van der Waals surface area contributed by atoms with Crippen LogP contribution in [0.5, 0.6) is 0 Å². The van der Waals surface area contributed by atoms with Crippen molar-refractivity contribution in [2.75, 3.05) is 26.2 Å². The third kappa shape index (κ3) is 4.17. The van der Waals surface area contributed by atoms with Crippen LogP contribution in [0, 0.1) is 11.8 Å². The smallest absolute Gasteiger partial charge is 0.0730 e. The topological polar surface area (TPSA) is 38.5 Å². The fraction of sp³-hybridized carbons (Fsp3) is 1.00. The van der Waals surface area contributed by atoms with Crippen molar-refractivity contribution < 1.29 is 4.74 Å². The molecule has 2 aliphatic rings. The van der Waals surface area contributed by atoms with Crippen LogP contribution in [0.25, 0.3) is 0 Å². The summed E-state index contributed by atoms with van der Waals surface area (Å²) in [6.45, 7) is 8.86. The summed E-state index contributed by atoms with van der Waals surface area (Å²) in [6, 6.07) is 0.723. The average molecular weight is 268 g/mol. The zero-order chi connectivity index (χ0) is 13.7. The first kappa shape index (κ1) is 15.3. The summed E-state index contributed by atoms with van der Waals surface area (Å²) in [5.41, 5.74) is 5.72. The fourth-order valence-corrected chi connectivity index (χ4v) is 3.87. The summed E-state index contributed by atoms with van der Waals surface area (Å²) in [5, 5.41) is 0. The van der Waals surface area contributed by atoms with E-state index >= 15 is 0 Å². The second kappa shape index (κ2) is 7.61. The number of hydrogen-bond donors (Lipinski definition) is 1. The second-order valence-corrected chi connectivity index (χ2v) is 6.67. The Morgan fingerprint density at radius 1 is 1.26 bits per heavy atom. The molecule has 3 heteroatoms. The SMILES string of the molecule is CC(C)C(CCN)CCCN1CCOC2CCCC21. The largest absolute Gasteiger partial charge is 0.375 e. The second-order valence-electron chi connectivity index (χ2n) is 6.67. The number of rotatable bonds is 7. The van der Waals surface area contributed by atoms with Gasteiger partial charge in [-0.25, -0.2) is 0 Å². The number of fused-ring (bicyclic) bond motifs is 1. The Bertz CT molecular complexity index is 257. The molecule has 0 amide bonds. The number of nitrogens with zero attached hydrogens (tertiary/aromatic N) is 1. The van der Waals surface area contributed by atoms with Crippen molar-refractivity contribution in [3.05, 3.63) is 0 Å². The first-order valence-electron chi connectivity index (χ1n) is 8.28. The molecule has 0 spiro atoms. The van der Waals surface area contributed by atoms with E-state index in [-0.39, 0.29) is 0 Å². The lowest BCUT2D eigenvalue weighted by molar-refractivity contribution is -0.0562. The van der Waals surface area contributed by atoms with E-state index in [1.165, 1.54) is 45.1 Å². The molecule has 1 aliphatic carbocycles. The molecular weight excluding hydrogens is 236 g/mol. The maximum atomic E-state index is 5.88. The molecule has 1 heterocycles. The standard InChI is InChI=1S/C16H32N2O/c1-13(2)14(8-9-17)5-4-10-18-11-12-19-16-7-3-6-15(16)18/h13-16H,3-12,17H2,1-2H3. The summed E-state index contributed by atoms with van der Waals surface area (Å²) in [5.74, 6) is 1.58. The van der Waals surface area contributed by atoms with Crippen molar-refractivity contribution >= 4 is 0 Å². The van der Waals surface area contributed by atoms with Gasteiger partial charge in [-0.05, 0) is 63.5 Å². The van der Waals surface area contributed by atoms with Gasteiger partial charge >= 0.3 is 0 Å². The van der Waals surface area contributed by atoms with E-state index in [2.05, 4.69) is 18.7 Å². The highest BCUT2D eigenvalue weighted by Gasteiger charge is 2.35. The van der Waals surface area contributed by atoms with Crippen molar-refractivity contribution in [1.82, 2.24) is 4.90 Å². The molecular formula is C16H32N2O. The van der Waals surface area contributed by atoms with Crippen LogP contribution in [0.15, 0.2) is 0 Å². The van der Waals surface area contributed by atoms with E-state index in [1.54, 1.807) is 0 Å². The Kier molecular flexibility index (Phi) is 6.11. The van der Waals surface area contributed by atoms with Gasteiger partial charge in [-0.3, -0.25) is 4.90 Å². The van der Waals surface area contributed by atoms with Crippen LogP contribution < -0.4 is 5.73 Å². The van der Waals surface area contributed by atoms with E-state index in [9.17, 15) is 0 Å². The van der Waals surface area contributed by atoms with Crippen LogP contribution in [-0.2, 0) is 4.74 Å². The van der Waals surface area contributed by atoms with Crippen molar-refractivity contribution in [2.24, 2.45) is 17.6 Å². The molecule has 1 aliphatic heterocycles. The molecule has 1 saturated carbocycles. The number of morpholine rings is 1. The van der Waals surface area contributed by atoms with Gasteiger partial charge in [0.05, 0.1) is 12.7 Å². The summed E-state index contributed by atoms with van der Waals surface area (Å²) < 4.78 is 5.88. The average Bonchev–Trinajstić information content (AvgIpc) is 2.86. The zero-order valence-corrected chi connectivity index (χ0v) is 12.8. The predicted octanol–water partition coefficient (Wildman–Crippen LogP) is 2.64. The number of hydrogen-bond acceptors (Lipinski definition) is 3. The number of nitrogens with two attached hydrogens (primary N) is 1. The first-order valence-corrected chi connectivity index (χ1v) is 8.28. The Hall–Kier alpha value is -0.120. The van der Waals surface area contributed by atoms with Gasteiger partial charge < -0.3 is 10.5 Å². The minimum absolute atomic E-state index is 0.540. The van der Waals surface area contributed by atoms with Crippen LogP contribution in [0.1, 0.15) is 52.4 Å². The highest BCUT2D eigenvalue weighted by Crippen LogP contribution is 2.30. The van der Waals surface area contributed by atoms with Crippen molar-refractivity contribution in [2.45, 2.75) is 64.5 Å². The van der Waals surface area contributed by atoms with Crippen LogP contribution in [0.4, 0.5) is 0 Å². The first-order chi connectivity index (χ1) is 9.22. The molecule has 3 atom stereocenters. The van der Waals surface area contributed by atoms with E-state index in [4.69, 9.17) is 10.5 Å². The maximum Gasteiger partial charge on any atom is 0.0730 e. The Labute approximate surface area is 118 Å². The lowest BCUT2D eigenvalue weighted by atomic mass is 9.88. The van der Waals surface area contributed by atoms with Gasteiger partial charge in [-0.2, -0.15) is 0 Å². The molecule has 3 unspecified atom stereocenters. The van der Waals surface area contributed by atoms with Crippen molar-refractivity contribution in [3.8, 4) is 0 Å². The van der Waals surface area contributed by atoms with Crippen LogP contribution in [0.3, 0.4) is 0 Å². The summed E-state index contributed by atoms with van der Waals surface area (Å²) in [4.78, 5) is 2.70. The molecule has 112 valence electrons.